The standard InChI is InChI=1S/C24H24N4O4S/c1-14-19-21(29)26-13-27-23(19)33-20(14)24(30)28-9-4-3-8-18(28)22-25-12-17(32-22)11-15-6-5-7-16(10-15)31-2/h5-7,10,12-13,18H,3-4,8-9,11H2,1-2H3,(H,26,27,29)/t18-/m0/s1. The van der Waals surface area contributed by atoms with Gasteiger partial charge < -0.3 is 19.0 Å². The summed E-state index contributed by atoms with van der Waals surface area (Å²) in [6, 6.07) is 7.60. The maximum absolute atomic E-state index is 13.6. The van der Waals surface area contributed by atoms with Crippen molar-refractivity contribution in [3.8, 4) is 5.75 Å². The van der Waals surface area contributed by atoms with Crippen LogP contribution in [0.1, 0.15) is 57.8 Å². The molecule has 9 heteroatoms. The number of piperidine rings is 1. The van der Waals surface area contributed by atoms with Crippen LogP contribution in [-0.4, -0.2) is 39.4 Å². The van der Waals surface area contributed by atoms with Gasteiger partial charge in [-0.3, -0.25) is 9.59 Å². The summed E-state index contributed by atoms with van der Waals surface area (Å²) in [4.78, 5) is 40.1. The number of aromatic amines is 1. The number of oxazole rings is 1. The molecule has 0 saturated carbocycles. The van der Waals surface area contributed by atoms with Gasteiger partial charge in [-0.25, -0.2) is 9.97 Å². The van der Waals surface area contributed by atoms with Crippen LogP contribution in [-0.2, 0) is 6.42 Å². The van der Waals surface area contributed by atoms with Crippen molar-refractivity contribution in [3.63, 3.8) is 0 Å². The summed E-state index contributed by atoms with van der Waals surface area (Å²) in [6.07, 6.45) is 6.40. The molecule has 1 amide bonds. The van der Waals surface area contributed by atoms with Gasteiger partial charge >= 0.3 is 0 Å². The fourth-order valence-electron chi connectivity index (χ4n) is 4.39. The van der Waals surface area contributed by atoms with Crippen LogP contribution in [0.25, 0.3) is 10.2 Å². The Bertz CT molecular complexity index is 1370. The number of nitrogens with one attached hydrogen (secondary N) is 1. The molecule has 1 aliphatic rings. The highest BCUT2D eigenvalue weighted by atomic mass is 32.1. The van der Waals surface area contributed by atoms with Crippen molar-refractivity contribution in [3.05, 3.63) is 74.8 Å². The van der Waals surface area contributed by atoms with Crippen LogP contribution in [0.15, 0.2) is 46.0 Å². The van der Waals surface area contributed by atoms with Crippen molar-refractivity contribution < 1.29 is 13.9 Å². The van der Waals surface area contributed by atoms with Gasteiger partial charge in [0.2, 0.25) is 5.89 Å². The summed E-state index contributed by atoms with van der Waals surface area (Å²) in [5.74, 6) is 1.98. The first-order valence-electron chi connectivity index (χ1n) is 10.9. The number of amides is 1. The number of aryl methyl sites for hydroxylation is 1. The predicted octanol–water partition coefficient (Wildman–Crippen LogP) is 4.25. The molecule has 33 heavy (non-hydrogen) atoms. The molecule has 0 unspecified atom stereocenters. The molecule has 1 atom stereocenters. The zero-order valence-corrected chi connectivity index (χ0v) is 19.3. The molecule has 4 heterocycles. The first-order chi connectivity index (χ1) is 16.0. The highest BCUT2D eigenvalue weighted by Crippen LogP contribution is 2.35. The molecule has 1 aromatic carbocycles. The van der Waals surface area contributed by atoms with E-state index in [-0.39, 0.29) is 17.5 Å². The minimum atomic E-state index is -0.235. The second-order valence-electron chi connectivity index (χ2n) is 8.17. The molecule has 1 aliphatic heterocycles. The third kappa shape index (κ3) is 4.04. The number of benzene rings is 1. The van der Waals surface area contributed by atoms with Gasteiger partial charge in [0.1, 0.15) is 22.4 Å². The Labute approximate surface area is 194 Å². The number of rotatable bonds is 5. The monoisotopic (exact) mass is 464 g/mol. The lowest BCUT2D eigenvalue weighted by Gasteiger charge is -2.33. The van der Waals surface area contributed by atoms with E-state index in [1.54, 1.807) is 20.2 Å². The Hall–Kier alpha value is -3.46. The van der Waals surface area contributed by atoms with Gasteiger partial charge in [-0.15, -0.1) is 11.3 Å². The molecule has 0 spiro atoms. The summed E-state index contributed by atoms with van der Waals surface area (Å²) in [7, 11) is 1.64. The Kier molecular flexibility index (Phi) is 5.72. The number of methoxy groups -OCH3 is 1. The second-order valence-corrected chi connectivity index (χ2v) is 9.17. The largest absolute Gasteiger partial charge is 0.497 e. The van der Waals surface area contributed by atoms with E-state index in [1.165, 1.54) is 17.7 Å². The van der Waals surface area contributed by atoms with E-state index in [1.807, 2.05) is 29.2 Å². The van der Waals surface area contributed by atoms with Gasteiger partial charge in [-0.1, -0.05) is 12.1 Å². The molecule has 0 radical (unpaired) electrons. The number of likely N-dealkylation sites (tertiary alicyclic amines) is 1. The highest BCUT2D eigenvalue weighted by Gasteiger charge is 2.34. The number of aromatic nitrogens is 3. The molecular weight excluding hydrogens is 440 g/mol. The van der Waals surface area contributed by atoms with Crippen molar-refractivity contribution in [2.75, 3.05) is 13.7 Å². The number of hydrogen-bond acceptors (Lipinski definition) is 7. The normalized spacial score (nSPS) is 16.3. The SMILES string of the molecule is COc1cccc(Cc2cnc([C@@H]3CCCCN3C(=O)c3sc4nc[nH]c(=O)c4c3C)o2)c1. The van der Waals surface area contributed by atoms with Crippen LogP contribution >= 0.6 is 11.3 Å². The van der Waals surface area contributed by atoms with Crippen molar-refractivity contribution in [1.29, 1.82) is 0 Å². The number of carbonyl (C=O) groups is 1. The maximum atomic E-state index is 13.6. The summed E-state index contributed by atoms with van der Waals surface area (Å²) >= 11 is 1.26. The Morgan fingerprint density at radius 1 is 1.33 bits per heavy atom. The van der Waals surface area contributed by atoms with E-state index in [4.69, 9.17) is 9.15 Å². The fraction of sp³-hybridized carbons (Fsp3) is 0.333. The number of H-pyrrole nitrogens is 1. The zero-order valence-electron chi connectivity index (χ0n) is 18.5. The van der Waals surface area contributed by atoms with E-state index in [0.717, 1.165) is 36.3 Å². The van der Waals surface area contributed by atoms with E-state index in [0.29, 0.717) is 39.5 Å². The van der Waals surface area contributed by atoms with Gasteiger partial charge in [0.25, 0.3) is 11.5 Å². The molecular formula is C24H24N4O4S. The lowest BCUT2D eigenvalue weighted by atomic mass is 10.0. The van der Waals surface area contributed by atoms with Gasteiger partial charge in [0.15, 0.2) is 0 Å². The lowest BCUT2D eigenvalue weighted by Crippen LogP contribution is -2.38. The summed E-state index contributed by atoms with van der Waals surface area (Å²) < 4.78 is 11.4. The second kappa shape index (κ2) is 8.82. The van der Waals surface area contributed by atoms with E-state index in [2.05, 4.69) is 15.0 Å². The van der Waals surface area contributed by atoms with Gasteiger partial charge in [-0.05, 0) is 49.4 Å². The Morgan fingerprint density at radius 3 is 3.03 bits per heavy atom. The van der Waals surface area contributed by atoms with Gasteiger partial charge in [-0.2, -0.15) is 0 Å². The molecule has 5 rings (SSSR count). The number of carbonyl (C=O) groups excluding carboxylic acids is 1. The third-order valence-electron chi connectivity index (χ3n) is 6.06. The maximum Gasteiger partial charge on any atom is 0.264 e. The van der Waals surface area contributed by atoms with Crippen LogP contribution in [0, 0.1) is 6.92 Å². The van der Waals surface area contributed by atoms with Crippen LogP contribution in [0.4, 0.5) is 0 Å². The van der Waals surface area contributed by atoms with Crippen LogP contribution in [0.3, 0.4) is 0 Å². The third-order valence-corrected chi connectivity index (χ3v) is 7.25. The zero-order chi connectivity index (χ0) is 22.9. The predicted molar refractivity (Wildman–Crippen MR) is 125 cm³/mol. The van der Waals surface area contributed by atoms with Crippen LogP contribution in [0.5, 0.6) is 5.75 Å². The topological polar surface area (TPSA) is 101 Å². The smallest absolute Gasteiger partial charge is 0.264 e. The molecule has 3 aromatic heterocycles. The van der Waals surface area contributed by atoms with Crippen molar-refractivity contribution in [1.82, 2.24) is 19.9 Å². The van der Waals surface area contributed by atoms with Crippen molar-refractivity contribution >= 4 is 27.5 Å². The average molecular weight is 465 g/mol. The average Bonchev–Trinajstić information content (AvgIpc) is 3.44. The molecule has 0 aliphatic carbocycles. The number of fused-ring (bicyclic) bond motifs is 1. The fourth-order valence-corrected chi connectivity index (χ4v) is 5.49. The lowest BCUT2D eigenvalue weighted by molar-refractivity contribution is 0.0574. The van der Waals surface area contributed by atoms with Crippen molar-refractivity contribution in [2.24, 2.45) is 0 Å². The van der Waals surface area contributed by atoms with Crippen molar-refractivity contribution in [2.45, 2.75) is 38.6 Å². The summed E-state index contributed by atoms with van der Waals surface area (Å²) in [6.45, 7) is 2.42. The van der Waals surface area contributed by atoms with E-state index < -0.39 is 0 Å². The minimum absolute atomic E-state index is 0.104. The molecule has 1 saturated heterocycles. The molecule has 1 N–H and O–H groups in total. The first-order valence-corrected chi connectivity index (χ1v) is 11.7. The van der Waals surface area contributed by atoms with Crippen LogP contribution < -0.4 is 10.3 Å². The Balaban J connectivity index is 1.42. The van der Waals surface area contributed by atoms with E-state index in [9.17, 15) is 9.59 Å². The number of nitrogens with zero attached hydrogens (tertiary/aromatic N) is 3. The Morgan fingerprint density at radius 2 is 2.21 bits per heavy atom. The molecule has 1 fully saturated rings. The molecule has 8 nitrogen and oxygen atoms in total. The first kappa shape index (κ1) is 21.4. The number of ether oxygens (including phenoxy) is 1. The summed E-state index contributed by atoms with van der Waals surface area (Å²) in [5.41, 5.74) is 1.51. The van der Waals surface area contributed by atoms with E-state index >= 15 is 0 Å². The number of hydrogen-bond donors (Lipinski definition) is 1. The molecule has 170 valence electrons. The minimum Gasteiger partial charge on any atom is -0.497 e. The highest BCUT2D eigenvalue weighted by molar-refractivity contribution is 7.20. The van der Waals surface area contributed by atoms with Crippen LogP contribution in [0.2, 0.25) is 0 Å². The van der Waals surface area contributed by atoms with Gasteiger partial charge in [0, 0.05) is 13.0 Å². The molecule has 0 bridgehead atoms. The number of thiophene rings is 1. The quantitative estimate of drug-likeness (QED) is 0.474. The van der Waals surface area contributed by atoms with Gasteiger partial charge in [0.05, 0.1) is 29.9 Å². The summed E-state index contributed by atoms with van der Waals surface area (Å²) in [5, 5.41) is 0.483. The molecule has 4 aromatic rings.